The van der Waals surface area contributed by atoms with Gasteiger partial charge in [-0.25, -0.2) is 0 Å². The van der Waals surface area contributed by atoms with E-state index in [9.17, 15) is 4.79 Å². The van der Waals surface area contributed by atoms with Crippen LogP contribution in [0, 0.1) is 0 Å². The molecule has 4 rings (SSSR count). The van der Waals surface area contributed by atoms with Crippen molar-refractivity contribution in [3.8, 4) is 23.0 Å². The first-order chi connectivity index (χ1) is 15.5. The molecule has 2 heterocycles. The van der Waals surface area contributed by atoms with Crippen LogP contribution in [0.25, 0.3) is 17.2 Å². The van der Waals surface area contributed by atoms with Crippen molar-refractivity contribution in [2.75, 3.05) is 18.2 Å². The van der Waals surface area contributed by atoms with Crippen molar-refractivity contribution in [1.82, 2.24) is 19.7 Å². The number of carbonyl (C=O) groups excluding carboxylic acids is 1. The molecule has 0 aliphatic carbocycles. The number of rotatable bonds is 7. The molecule has 0 aliphatic rings. The van der Waals surface area contributed by atoms with Crippen LogP contribution in [0.1, 0.15) is 0 Å². The summed E-state index contributed by atoms with van der Waals surface area (Å²) in [5.74, 6) is 1.19. The lowest BCUT2D eigenvalue weighted by Crippen LogP contribution is -2.14. The summed E-state index contributed by atoms with van der Waals surface area (Å²) in [6.45, 7) is 0. The van der Waals surface area contributed by atoms with E-state index in [2.05, 4.69) is 20.5 Å². The van der Waals surface area contributed by atoms with Gasteiger partial charge in [0.1, 0.15) is 11.4 Å². The van der Waals surface area contributed by atoms with E-state index < -0.39 is 0 Å². The van der Waals surface area contributed by atoms with E-state index in [1.54, 1.807) is 31.5 Å². The number of hydrogen-bond acceptors (Lipinski definition) is 6. The largest absolute Gasteiger partial charge is 0.497 e. The third-order valence-corrected chi connectivity index (χ3v) is 5.70. The average molecular weight is 486 g/mol. The molecule has 32 heavy (non-hydrogen) atoms. The molecule has 1 N–H and O–H groups in total. The number of pyridine rings is 1. The van der Waals surface area contributed by atoms with Crippen LogP contribution in [0.3, 0.4) is 0 Å². The first kappa shape index (κ1) is 22.1. The number of hydrogen-bond donors (Lipinski definition) is 1. The molecule has 0 unspecified atom stereocenters. The van der Waals surface area contributed by atoms with E-state index in [1.807, 2.05) is 47.0 Å². The first-order valence-electron chi connectivity index (χ1n) is 9.43. The highest BCUT2D eigenvalue weighted by Gasteiger charge is 2.18. The average Bonchev–Trinajstić information content (AvgIpc) is 3.21. The summed E-state index contributed by atoms with van der Waals surface area (Å²) in [4.78, 5) is 16.9. The van der Waals surface area contributed by atoms with Gasteiger partial charge in [-0.2, -0.15) is 0 Å². The van der Waals surface area contributed by atoms with Gasteiger partial charge in [-0.3, -0.25) is 14.3 Å². The number of nitrogens with zero attached hydrogens (tertiary/aromatic N) is 4. The first-order valence-corrected chi connectivity index (χ1v) is 11.2. The lowest BCUT2D eigenvalue weighted by Gasteiger charge is -2.11. The summed E-state index contributed by atoms with van der Waals surface area (Å²) in [5.41, 5.74) is 2.01. The molecule has 2 aromatic carbocycles. The highest BCUT2D eigenvalue weighted by atomic mass is 35.5. The van der Waals surface area contributed by atoms with Gasteiger partial charge < -0.3 is 10.1 Å². The van der Waals surface area contributed by atoms with Gasteiger partial charge in [0, 0.05) is 21.9 Å². The minimum Gasteiger partial charge on any atom is -0.497 e. The van der Waals surface area contributed by atoms with Gasteiger partial charge in [0.2, 0.25) is 5.91 Å². The second-order valence-corrected chi connectivity index (χ2v) is 8.36. The number of methoxy groups -OCH3 is 1. The number of halogens is 2. The van der Waals surface area contributed by atoms with Crippen LogP contribution >= 0.6 is 35.0 Å². The van der Waals surface area contributed by atoms with E-state index in [1.165, 1.54) is 11.8 Å². The Kier molecular flexibility index (Phi) is 6.94. The van der Waals surface area contributed by atoms with Crippen molar-refractivity contribution in [3.05, 3.63) is 76.9 Å². The van der Waals surface area contributed by atoms with Crippen LogP contribution < -0.4 is 10.1 Å². The summed E-state index contributed by atoms with van der Waals surface area (Å²) in [7, 11) is 1.61. The third kappa shape index (κ3) is 5.21. The van der Waals surface area contributed by atoms with E-state index in [-0.39, 0.29) is 11.7 Å². The Morgan fingerprint density at radius 2 is 1.81 bits per heavy atom. The third-order valence-electron chi connectivity index (χ3n) is 4.34. The highest BCUT2D eigenvalue weighted by molar-refractivity contribution is 7.99. The molecule has 0 saturated carbocycles. The normalized spacial score (nSPS) is 10.7. The summed E-state index contributed by atoms with van der Waals surface area (Å²) in [6.07, 6.45) is 1.69. The van der Waals surface area contributed by atoms with Gasteiger partial charge in [-0.15, -0.1) is 10.2 Å². The Bertz CT molecular complexity index is 1210. The van der Waals surface area contributed by atoms with Crippen molar-refractivity contribution in [3.63, 3.8) is 0 Å². The number of nitrogens with one attached hydrogen (secondary N) is 1. The fourth-order valence-electron chi connectivity index (χ4n) is 2.94. The van der Waals surface area contributed by atoms with Crippen molar-refractivity contribution in [2.45, 2.75) is 5.16 Å². The van der Waals surface area contributed by atoms with E-state index in [0.29, 0.717) is 32.4 Å². The SMILES string of the molecule is COc1ccc(-n2c(SCC(=O)Nc3cc(Cl)cc(Cl)c3)nnc2-c2ccccn2)cc1. The lowest BCUT2D eigenvalue weighted by atomic mass is 10.3. The molecule has 0 fully saturated rings. The van der Waals surface area contributed by atoms with Crippen LogP contribution in [0.5, 0.6) is 5.75 Å². The topological polar surface area (TPSA) is 81.9 Å². The number of amides is 1. The van der Waals surface area contributed by atoms with Crippen molar-refractivity contribution >= 4 is 46.6 Å². The van der Waals surface area contributed by atoms with Crippen molar-refractivity contribution in [2.24, 2.45) is 0 Å². The molecule has 0 bridgehead atoms. The zero-order chi connectivity index (χ0) is 22.5. The second-order valence-electron chi connectivity index (χ2n) is 6.55. The number of anilines is 1. The molecule has 0 saturated heterocycles. The molecule has 0 aliphatic heterocycles. The maximum atomic E-state index is 12.5. The predicted octanol–water partition coefficient (Wildman–Crippen LogP) is 5.38. The quantitative estimate of drug-likeness (QED) is 0.354. The Hall–Kier alpha value is -3.07. The molecular formula is C22H17Cl2N5O2S. The molecule has 0 radical (unpaired) electrons. The summed E-state index contributed by atoms with van der Waals surface area (Å²) < 4.78 is 7.11. The zero-order valence-electron chi connectivity index (χ0n) is 16.8. The Morgan fingerprint density at radius 1 is 1.06 bits per heavy atom. The van der Waals surface area contributed by atoms with E-state index in [0.717, 1.165) is 11.4 Å². The van der Waals surface area contributed by atoms with Gasteiger partial charge in [-0.05, 0) is 54.6 Å². The molecular weight excluding hydrogens is 469 g/mol. The summed E-state index contributed by atoms with van der Waals surface area (Å²) >= 11 is 13.3. The standard InChI is InChI=1S/C22H17Cl2N5O2S/c1-31-18-7-5-17(6-8-18)29-21(19-4-2-3-9-25-19)27-28-22(29)32-13-20(30)26-16-11-14(23)10-15(24)12-16/h2-12H,13H2,1H3,(H,26,30). The van der Waals surface area contributed by atoms with Crippen LogP contribution in [-0.2, 0) is 4.79 Å². The number of thioether (sulfide) groups is 1. The number of aromatic nitrogens is 4. The van der Waals surface area contributed by atoms with Gasteiger partial charge >= 0.3 is 0 Å². The molecule has 2 aromatic heterocycles. The van der Waals surface area contributed by atoms with E-state index in [4.69, 9.17) is 27.9 Å². The lowest BCUT2D eigenvalue weighted by molar-refractivity contribution is -0.113. The van der Waals surface area contributed by atoms with Crippen molar-refractivity contribution in [1.29, 1.82) is 0 Å². The molecule has 7 nitrogen and oxygen atoms in total. The Labute approximate surface area is 198 Å². The maximum absolute atomic E-state index is 12.5. The Balaban J connectivity index is 1.59. The minimum atomic E-state index is -0.225. The van der Waals surface area contributed by atoms with Gasteiger partial charge in [0.25, 0.3) is 0 Å². The fourth-order valence-corrected chi connectivity index (χ4v) is 4.22. The Morgan fingerprint density at radius 3 is 2.47 bits per heavy atom. The summed E-state index contributed by atoms with van der Waals surface area (Å²) in [6, 6.07) is 17.9. The molecule has 162 valence electrons. The highest BCUT2D eigenvalue weighted by Crippen LogP contribution is 2.28. The van der Waals surface area contributed by atoms with E-state index >= 15 is 0 Å². The smallest absolute Gasteiger partial charge is 0.234 e. The van der Waals surface area contributed by atoms with Crippen LogP contribution in [0.15, 0.2) is 72.0 Å². The van der Waals surface area contributed by atoms with Gasteiger partial charge in [0.15, 0.2) is 11.0 Å². The van der Waals surface area contributed by atoms with Gasteiger partial charge in [-0.1, -0.05) is 41.0 Å². The molecule has 0 spiro atoms. The zero-order valence-corrected chi connectivity index (χ0v) is 19.2. The van der Waals surface area contributed by atoms with Crippen molar-refractivity contribution < 1.29 is 9.53 Å². The maximum Gasteiger partial charge on any atom is 0.234 e. The molecule has 10 heteroatoms. The van der Waals surface area contributed by atoms with Crippen LogP contribution in [-0.4, -0.2) is 38.5 Å². The summed E-state index contributed by atoms with van der Waals surface area (Å²) in [5, 5.41) is 12.9. The van der Waals surface area contributed by atoms with Crippen LogP contribution in [0.4, 0.5) is 5.69 Å². The fraction of sp³-hybridized carbons (Fsp3) is 0.0909. The molecule has 0 atom stereocenters. The van der Waals surface area contributed by atoms with Crippen LogP contribution in [0.2, 0.25) is 10.0 Å². The number of carbonyl (C=O) groups is 1. The number of benzene rings is 2. The monoisotopic (exact) mass is 485 g/mol. The second kappa shape index (κ2) is 10.0. The molecule has 1 amide bonds. The predicted molar refractivity (Wildman–Crippen MR) is 127 cm³/mol. The molecule has 4 aromatic rings. The number of ether oxygens (including phenoxy) is 1. The van der Waals surface area contributed by atoms with Gasteiger partial charge in [0.05, 0.1) is 18.6 Å². The minimum absolute atomic E-state index is 0.112.